The molecular weight excluding hydrogens is 228 g/mol. The summed E-state index contributed by atoms with van der Waals surface area (Å²) >= 11 is 0. The van der Waals surface area contributed by atoms with Crippen LogP contribution in [0.4, 0.5) is 0 Å². The van der Waals surface area contributed by atoms with Gasteiger partial charge < -0.3 is 15.5 Å². The quantitative estimate of drug-likeness (QED) is 0.707. The lowest BCUT2D eigenvalue weighted by atomic mass is 9.95. The van der Waals surface area contributed by atoms with Gasteiger partial charge in [-0.15, -0.1) is 0 Å². The van der Waals surface area contributed by atoms with Crippen molar-refractivity contribution in [2.45, 2.75) is 20.0 Å². The second kappa shape index (κ2) is 6.50. The van der Waals surface area contributed by atoms with Gasteiger partial charge in [0.2, 0.25) is 0 Å². The molecule has 0 bridgehead atoms. The molecule has 0 amide bonds. The predicted molar refractivity (Wildman–Crippen MR) is 69.9 cm³/mol. The average molecular weight is 248 g/mol. The number of aliphatic hydroxyl groups is 2. The molecule has 0 saturated heterocycles. The highest BCUT2D eigenvalue weighted by molar-refractivity contribution is 5.32. The van der Waals surface area contributed by atoms with Crippen LogP contribution in [0, 0.1) is 16.7 Å². The smallest absolute Gasteiger partial charge is 0.0991 e. The lowest BCUT2D eigenvalue weighted by Crippen LogP contribution is -2.34. The van der Waals surface area contributed by atoms with Gasteiger partial charge in [0.05, 0.1) is 17.7 Å². The molecule has 0 heterocycles. The zero-order valence-corrected chi connectivity index (χ0v) is 10.8. The highest BCUT2D eigenvalue weighted by atomic mass is 16.3. The van der Waals surface area contributed by atoms with Crippen molar-refractivity contribution in [3.8, 4) is 6.07 Å². The molecule has 1 aromatic carbocycles. The van der Waals surface area contributed by atoms with Crippen LogP contribution in [0.1, 0.15) is 31.1 Å². The molecule has 4 nitrogen and oxygen atoms in total. The number of nitrogens with one attached hydrogen (secondary N) is 1. The number of hydrogen-bond acceptors (Lipinski definition) is 4. The van der Waals surface area contributed by atoms with Crippen molar-refractivity contribution >= 4 is 0 Å². The molecule has 0 radical (unpaired) electrons. The molecule has 18 heavy (non-hydrogen) atoms. The maximum Gasteiger partial charge on any atom is 0.0991 e. The average Bonchev–Trinajstić information content (AvgIpc) is 2.38. The minimum absolute atomic E-state index is 0.104. The van der Waals surface area contributed by atoms with Crippen molar-refractivity contribution in [1.29, 1.82) is 5.26 Å². The van der Waals surface area contributed by atoms with E-state index in [4.69, 9.17) is 10.4 Å². The predicted octanol–water partition coefficient (Wildman–Crippen LogP) is 1.20. The van der Waals surface area contributed by atoms with Crippen LogP contribution < -0.4 is 5.32 Å². The van der Waals surface area contributed by atoms with Crippen LogP contribution >= 0.6 is 0 Å². The number of nitrogens with zero attached hydrogens (tertiary/aromatic N) is 1. The number of benzene rings is 1. The fourth-order valence-corrected chi connectivity index (χ4v) is 1.50. The molecule has 0 fully saturated rings. The van der Waals surface area contributed by atoms with Crippen molar-refractivity contribution in [1.82, 2.24) is 5.32 Å². The van der Waals surface area contributed by atoms with Crippen LogP contribution in [0.15, 0.2) is 24.3 Å². The number of hydrogen-bond donors (Lipinski definition) is 3. The highest BCUT2D eigenvalue weighted by Crippen LogP contribution is 2.14. The van der Waals surface area contributed by atoms with Crippen LogP contribution in [0.3, 0.4) is 0 Å². The van der Waals surface area contributed by atoms with Crippen LogP contribution in [0.25, 0.3) is 0 Å². The lowest BCUT2D eigenvalue weighted by molar-refractivity contribution is 0.138. The van der Waals surface area contributed by atoms with Crippen molar-refractivity contribution in [3.63, 3.8) is 0 Å². The summed E-state index contributed by atoms with van der Waals surface area (Å²) in [6.07, 6.45) is -0.604. The zero-order valence-electron chi connectivity index (χ0n) is 10.8. The fourth-order valence-electron chi connectivity index (χ4n) is 1.50. The van der Waals surface area contributed by atoms with E-state index < -0.39 is 6.10 Å². The minimum Gasteiger partial charge on any atom is -0.396 e. The third kappa shape index (κ3) is 4.46. The molecule has 1 rings (SSSR count). The van der Waals surface area contributed by atoms with Gasteiger partial charge in [0.25, 0.3) is 0 Å². The van der Waals surface area contributed by atoms with Crippen LogP contribution in [0.5, 0.6) is 0 Å². The van der Waals surface area contributed by atoms with Crippen LogP contribution in [0.2, 0.25) is 0 Å². The zero-order chi connectivity index (χ0) is 13.6. The van der Waals surface area contributed by atoms with Crippen molar-refractivity contribution in [2.75, 3.05) is 19.7 Å². The van der Waals surface area contributed by atoms with Gasteiger partial charge in [-0.25, -0.2) is 0 Å². The van der Waals surface area contributed by atoms with Gasteiger partial charge in [-0.2, -0.15) is 5.26 Å². The molecular formula is C14H20N2O2. The van der Waals surface area contributed by atoms with E-state index in [0.717, 1.165) is 5.56 Å². The summed E-state index contributed by atoms with van der Waals surface area (Å²) in [4.78, 5) is 0. The topological polar surface area (TPSA) is 76.3 Å². The molecule has 0 saturated carbocycles. The van der Waals surface area contributed by atoms with Gasteiger partial charge >= 0.3 is 0 Å². The maximum atomic E-state index is 9.95. The van der Waals surface area contributed by atoms with E-state index in [1.54, 1.807) is 24.3 Å². The molecule has 4 heteroatoms. The summed E-state index contributed by atoms with van der Waals surface area (Å²) in [5, 5.41) is 30.9. The Morgan fingerprint density at radius 2 is 1.94 bits per heavy atom. The highest BCUT2D eigenvalue weighted by Gasteiger charge is 2.16. The molecule has 0 aliphatic heterocycles. The van der Waals surface area contributed by atoms with E-state index in [1.807, 2.05) is 19.9 Å². The van der Waals surface area contributed by atoms with Crippen molar-refractivity contribution in [2.24, 2.45) is 5.41 Å². The molecule has 98 valence electrons. The third-order valence-electron chi connectivity index (χ3n) is 2.79. The normalized spacial score (nSPS) is 13.1. The van der Waals surface area contributed by atoms with Gasteiger partial charge in [-0.3, -0.25) is 0 Å². The Balaban J connectivity index is 2.45. The molecule has 3 N–H and O–H groups in total. The van der Waals surface area contributed by atoms with E-state index in [1.165, 1.54) is 0 Å². The van der Waals surface area contributed by atoms with Gasteiger partial charge in [-0.05, 0) is 17.7 Å². The Bertz CT molecular complexity index is 407. The van der Waals surface area contributed by atoms with E-state index in [-0.39, 0.29) is 12.0 Å². The van der Waals surface area contributed by atoms with Gasteiger partial charge in [0, 0.05) is 25.1 Å². The second-order valence-corrected chi connectivity index (χ2v) is 5.20. The minimum atomic E-state index is -0.604. The third-order valence-corrected chi connectivity index (χ3v) is 2.79. The van der Waals surface area contributed by atoms with Crippen molar-refractivity contribution in [3.05, 3.63) is 35.4 Å². The van der Waals surface area contributed by atoms with E-state index in [9.17, 15) is 5.11 Å². The molecule has 1 aromatic rings. The first-order valence-corrected chi connectivity index (χ1v) is 5.98. The molecule has 0 spiro atoms. The molecule has 0 aromatic heterocycles. The van der Waals surface area contributed by atoms with E-state index >= 15 is 0 Å². The Labute approximate surface area is 108 Å². The Hall–Kier alpha value is -1.41. The summed E-state index contributed by atoms with van der Waals surface area (Å²) in [6.45, 7) is 5.07. The summed E-state index contributed by atoms with van der Waals surface area (Å²) in [6, 6.07) is 8.92. The van der Waals surface area contributed by atoms with E-state index in [2.05, 4.69) is 5.32 Å². The molecule has 1 atom stereocenters. The van der Waals surface area contributed by atoms with Gasteiger partial charge in [0.15, 0.2) is 0 Å². The van der Waals surface area contributed by atoms with Gasteiger partial charge in [-0.1, -0.05) is 26.0 Å². The van der Waals surface area contributed by atoms with Gasteiger partial charge in [0.1, 0.15) is 0 Å². The Morgan fingerprint density at radius 3 is 2.44 bits per heavy atom. The van der Waals surface area contributed by atoms with Crippen molar-refractivity contribution < 1.29 is 10.2 Å². The molecule has 0 aliphatic rings. The SMILES string of the molecule is CC(C)(CO)CNCC(O)c1ccc(C#N)cc1. The number of nitriles is 1. The number of rotatable bonds is 6. The first kappa shape index (κ1) is 14.7. The summed E-state index contributed by atoms with van der Waals surface area (Å²) < 4.78 is 0. The Morgan fingerprint density at radius 1 is 1.33 bits per heavy atom. The largest absolute Gasteiger partial charge is 0.396 e. The summed E-state index contributed by atoms with van der Waals surface area (Å²) in [5.41, 5.74) is 1.17. The monoisotopic (exact) mass is 248 g/mol. The van der Waals surface area contributed by atoms with Crippen LogP contribution in [-0.4, -0.2) is 29.9 Å². The lowest BCUT2D eigenvalue weighted by Gasteiger charge is -2.23. The molecule has 1 unspecified atom stereocenters. The first-order chi connectivity index (χ1) is 8.48. The number of aliphatic hydroxyl groups excluding tert-OH is 2. The first-order valence-electron chi connectivity index (χ1n) is 5.98. The second-order valence-electron chi connectivity index (χ2n) is 5.20. The van der Waals surface area contributed by atoms with E-state index in [0.29, 0.717) is 18.7 Å². The van der Waals surface area contributed by atoms with Crippen LogP contribution in [-0.2, 0) is 0 Å². The Kier molecular flexibility index (Phi) is 5.29. The molecule has 0 aliphatic carbocycles. The summed E-state index contributed by atoms with van der Waals surface area (Å²) in [7, 11) is 0. The maximum absolute atomic E-state index is 9.95. The standard InChI is InChI=1S/C14H20N2O2/c1-14(2,10-17)9-16-8-13(18)12-5-3-11(7-15)4-6-12/h3-6,13,16-18H,8-10H2,1-2H3. The fraction of sp³-hybridized carbons (Fsp3) is 0.500. The summed E-state index contributed by atoms with van der Waals surface area (Å²) in [5.74, 6) is 0.